The minimum Gasteiger partial charge on any atom is -0.383 e. The topological polar surface area (TPSA) is 77.8 Å². The molecule has 0 saturated carbocycles. The van der Waals surface area contributed by atoms with Gasteiger partial charge < -0.3 is 11.5 Å². The SMILES string of the molecule is Nc1ncccc1SSc1cccnc1N. The van der Waals surface area contributed by atoms with Crippen LogP contribution in [0, 0.1) is 0 Å². The van der Waals surface area contributed by atoms with E-state index in [-0.39, 0.29) is 0 Å². The summed E-state index contributed by atoms with van der Waals surface area (Å²) < 4.78 is 0. The minimum absolute atomic E-state index is 0.530. The Morgan fingerprint density at radius 3 is 1.62 bits per heavy atom. The van der Waals surface area contributed by atoms with Gasteiger partial charge in [-0.2, -0.15) is 0 Å². The van der Waals surface area contributed by atoms with E-state index in [9.17, 15) is 0 Å². The number of aromatic nitrogens is 2. The molecule has 2 aromatic heterocycles. The number of nitrogen functional groups attached to an aromatic ring is 2. The van der Waals surface area contributed by atoms with Gasteiger partial charge in [-0.1, -0.05) is 0 Å². The second kappa shape index (κ2) is 5.09. The van der Waals surface area contributed by atoms with Crippen molar-refractivity contribution in [3.63, 3.8) is 0 Å². The van der Waals surface area contributed by atoms with Crippen LogP contribution in [-0.4, -0.2) is 9.97 Å². The third-order valence-corrected chi connectivity index (χ3v) is 4.28. The first-order valence-corrected chi connectivity index (χ1v) is 6.68. The Morgan fingerprint density at radius 1 is 0.812 bits per heavy atom. The van der Waals surface area contributed by atoms with Crippen molar-refractivity contribution in [1.29, 1.82) is 0 Å². The van der Waals surface area contributed by atoms with Gasteiger partial charge in [0.15, 0.2) is 0 Å². The summed E-state index contributed by atoms with van der Waals surface area (Å²) in [5.74, 6) is 1.06. The van der Waals surface area contributed by atoms with Gasteiger partial charge in [0, 0.05) is 12.4 Å². The molecule has 0 bridgehead atoms. The zero-order chi connectivity index (χ0) is 11.4. The molecule has 6 heteroatoms. The third kappa shape index (κ3) is 2.59. The molecule has 0 aliphatic carbocycles. The van der Waals surface area contributed by atoms with Crippen LogP contribution in [0.2, 0.25) is 0 Å². The fourth-order valence-corrected chi connectivity index (χ4v) is 3.14. The highest BCUT2D eigenvalue weighted by Crippen LogP contribution is 2.40. The Balaban J connectivity index is 2.09. The summed E-state index contributed by atoms with van der Waals surface area (Å²) in [6.07, 6.45) is 3.34. The summed E-state index contributed by atoms with van der Waals surface area (Å²) in [5.41, 5.74) is 11.5. The van der Waals surface area contributed by atoms with Crippen molar-refractivity contribution in [2.45, 2.75) is 9.79 Å². The molecule has 0 atom stereocenters. The van der Waals surface area contributed by atoms with Crippen molar-refractivity contribution < 1.29 is 0 Å². The fraction of sp³-hybridized carbons (Fsp3) is 0. The van der Waals surface area contributed by atoms with Gasteiger partial charge in [0.05, 0.1) is 9.79 Å². The van der Waals surface area contributed by atoms with Crippen molar-refractivity contribution in [1.82, 2.24) is 9.97 Å². The first-order chi connectivity index (χ1) is 7.77. The first kappa shape index (κ1) is 11.1. The molecular weight excluding hydrogens is 240 g/mol. The van der Waals surface area contributed by atoms with Crippen LogP contribution in [0.5, 0.6) is 0 Å². The molecule has 0 unspecified atom stereocenters. The molecule has 2 aromatic rings. The Labute approximate surface area is 101 Å². The van der Waals surface area contributed by atoms with Crippen LogP contribution in [0.1, 0.15) is 0 Å². The molecule has 0 aromatic carbocycles. The van der Waals surface area contributed by atoms with Gasteiger partial charge in [-0.25, -0.2) is 9.97 Å². The maximum absolute atomic E-state index is 5.73. The van der Waals surface area contributed by atoms with Crippen molar-refractivity contribution in [3.05, 3.63) is 36.7 Å². The number of pyridine rings is 2. The van der Waals surface area contributed by atoms with Gasteiger partial charge in [-0.05, 0) is 45.9 Å². The Kier molecular flexibility index (Phi) is 3.53. The highest BCUT2D eigenvalue weighted by Gasteiger charge is 2.04. The summed E-state index contributed by atoms with van der Waals surface area (Å²) in [6.45, 7) is 0. The second-order valence-corrected chi connectivity index (χ2v) is 5.15. The van der Waals surface area contributed by atoms with Crippen LogP contribution in [0.4, 0.5) is 11.6 Å². The lowest BCUT2D eigenvalue weighted by molar-refractivity contribution is 1.25. The predicted octanol–water partition coefficient (Wildman–Crippen LogP) is 2.44. The van der Waals surface area contributed by atoms with Crippen LogP contribution in [0.15, 0.2) is 46.5 Å². The van der Waals surface area contributed by atoms with Gasteiger partial charge in [-0.15, -0.1) is 0 Å². The van der Waals surface area contributed by atoms with Gasteiger partial charge in [0.25, 0.3) is 0 Å². The summed E-state index contributed by atoms with van der Waals surface area (Å²) in [4.78, 5) is 9.87. The number of anilines is 2. The molecule has 4 nitrogen and oxygen atoms in total. The van der Waals surface area contributed by atoms with E-state index in [4.69, 9.17) is 11.5 Å². The Morgan fingerprint density at radius 2 is 1.25 bits per heavy atom. The molecular formula is C10H10N4S2. The summed E-state index contributed by atoms with van der Waals surface area (Å²) >= 11 is 0. The molecule has 16 heavy (non-hydrogen) atoms. The number of nitrogens with two attached hydrogens (primary N) is 2. The van der Waals surface area contributed by atoms with Crippen LogP contribution < -0.4 is 11.5 Å². The van der Waals surface area contributed by atoms with Crippen molar-refractivity contribution >= 4 is 33.2 Å². The molecule has 0 amide bonds. The van der Waals surface area contributed by atoms with Crippen molar-refractivity contribution in [2.75, 3.05) is 11.5 Å². The maximum atomic E-state index is 5.73. The largest absolute Gasteiger partial charge is 0.383 e. The van der Waals surface area contributed by atoms with Crippen LogP contribution >= 0.6 is 21.6 Å². The molecule has 4 N–H and O–H groups in total. The van der Waals surface area contributed by atoms with E-state index in [1.807, 2.05) is 24.3 Å². The van der Waals surface area contributed by atoms with E-state index < -0.39 is 0 Å². The average molecular weight is 250 g/mol. The normalized spacial score (nSPS) is 10.2. The number of rotatable bonds is 3. The lowest BCUT2D eigenvalue weighted by Crippen LogP contribution is -1.92. The van der Waals surface area contributed by atoms with Gasteiger partial charge >= 0.3 is 0 Å². The Bertz CT molecular complexity index is 444. The summed E-state index contributed by atoms with van der Waals surface area (Å²) in [5, 5.41) is 0. The highest BCUT2D eigenvalue weighted by atomic mass is 33.1. The third-order valence-electron chi connectivity index (χ3n) is 1.82. The number of nitrogens with zero attached hydrogens (tertiary/aromatic N) is 2. The van der Waals surface area contributed by atoms with Gasteiger partial charge in [0.1, 0.15) is 11.6 Å². The highest BCUT2D eigenvalue weighted by molar-refractivity contribution is 8.76. The lowest BCUT2D eigenvalue weighted by atomic mass is 10.5. The number of hydrogen-bond donors (Lipinski definition) is 2. The maximum Gasteiger partial charge on any atom is 0.137 e. The molecule has 0 aliphatic rings. The quantitative estimate of drug-likeness (QED) is 0.815. The predicted molar refractivity (Wildman–Crippen MR) is 69.0 cm³/mol. The first-order valence-electron chi connectivity index (χ1n) is 4.53. The van der Waals surface area contributed by atoms with Crippen LogP contribution in [0.25, 0.3) is 0 Å². The summed E-state index contributed by atoms with van der Waals surface area (Å²) in [6, 6.07) is 7.55. The average Bonchev–Trinajstić information content (AvgIpc) is 2.30. The second-order valence-electron chi connectivity index (χ2n) is 2.94. The van der Waals surface area contributed by atoms with Crippen molar-refractivity contribution in [2.24, 2.45) is 0 Å². The Hall–Kier alpha value is -1.40. The molecule has 82 valence electrons. The molecule has 0 aliphatic heterocycles. The molecule has 0 fully saturated rings. The van der Waals surface area contributed by atoms with E-state index >= 15 is 0 Å². The molecule has 2 heterocycles. The van der Waals surface area contributed by atoms with E-state index in [1.165, 1.54) is 21.6 Å². The smallest absolute Gasteiger partial charge is 0.137 e. The van der Waals surface area contributed by atoms with Crippen LogP contribution in [0.3, 0.4) is 0 Å². The van der Waals surface area contributed by atoms with Gasteiger partial charge in [-0.3, -0.25) is 0 Å². The monoisotopic (exact) mass is 250 g/mol. The minimum atomic E-state index is 0.530. The summed E-state index contributed by atoms with van der Waals surface area (Å²) in [7, 11) is 3.05. The molecule has 0 radical (unpaired) electrons. The zero-order valence-corrected chi connectivity index (χ0v) is 9.96. The van der Waals surface area contributed by atoms with Crippen LogP contribution in [-0.2, 0) is 0 Å². The molecule has 0 saturated heterocycles. The molecule has 2 rings (SSSR count). The lowest BCUT2D eigenvalue weighted by Gasteiger charge is -2.04. The standard InChI is InChI=1S/C10H10N4S2/c11-9-7(3-1-5-13-9)15-16-8-4-2-6-14-10(8)12/h1-6H,(H2,11,13)(H2,12,14). The van der Waals surface area contributed by atoms with Gasteiger partial charge in [0.2, 0.25) is 0 Å². The zero-order valence-electron chi connectivity index (χ0n) is 8.33. The van der Waals surface area contributed by atoms with E-state index in [0.717, 1.165) is 9.79 Å². The number of hydrogen-bond acceptors (Lipinski definition) is 6. The fourth-order valence-electron chi connectivity index (χ4n) is 1.04. The van der Waals surface area contributed by atoms with Crippen molar-refractivity contribution in [3.8, 4) is 0 Å². The molecule has 0 spiro atoms. The van der Waals surface area contributed by atoms with E-state index in [1.54, 1.807) is 12.4 Å². The van der Waals surface area contributed by atoms with E-state index in [0.29, 0.717) is 11.6 Å². The van der Waals surface area contributed by atoms with E-state index in [2.05, 4.69) is 9.97 Å².